The van der Waals surface area contributed by atoms with Gasteiger partial charge in [0.2, 0.25) is 5.91 Å². The molecule has 0 N–H and O–H groups in total. The number of carbonyl (C=O) groups excluding carboxylic acids is 1. The highest BCUT2D eigenvalue weighted by atomic mass is 16.2. The molecular weight excluding hydrogens is 272 g/mol. The molecule has 122 valence electrons. The van der Waals surface area contributed by atoms with Crippen LogP contribution >= 0.6 is 0 Å². The summed E-state index contributed by atoms with van der Waals surface area (Å²) in [7, 11) is 0. The molecule has 0 radical (unpaired) electrons. The van der Waals surface area contributed by atoms with Gasteiger partial charge in [-0.25, -0.2) is 0 Å². The minimum atomic E-state index is 0.310. The van der Waals surface area contributed by atoms with Crippen LogP contribution in [0.2, 0.25) is 0 Å². The Morgan fingerprint density at radius 2 is 1.77 bits per heavy atom. The van der Waals surface area contributed by atoms with Crippen molar-refractivity contribution in [3.05, 3.63) is 35.9 Å². The van der Waals surface area contributed by atoms with Gasteiger partial charge in [0.25, 0.3) is 0 Å². The highest BCUT2D eigenvalue weighted by Gasteiger charge is 2.23. The SMILES string of the molecule is CCN(CC)CC(=O)N1CCC(CCc2ccccc2)CC1. The van der Waals surface area contributed by atoms with E-state index in [9.17, 15) is 4.79 Å². The fraction of sp³-hybridized carbons (Fsp3) is 0.632. The Morgan fingerprint density at radius 3 is 2.36 bits per heavy atom. The van der Waals surface area contributed by atoms with Crippen molar-refractivity contribution in [2.75, 3.05) is 32.7 Å². The topological polar surface area (TPSA) is 23.6 Å². The van der Waals surface area contributed by atoms with Gasteiger partial charge in [-0.3, -0.25) is 9.69 Å². The lowest BCUT2D eigenvalue weighted by Crippen LogP contribution is -2.44. The smallest absolute Gasteiger partial charge is 0.236 e. The van der Waals surface area contributed by atoms with E-state index in [0.29, 0.717) is 12.5 Å². The van der Waals surface area contributed by atoms with Crippen LogP contribution in [0.4, 0.5) is 0 Å². The van der Waals surface area contributed by atoms with E-state index in [1.165, 1.54) is 18.4 Å². The molecule has 0 atom stereocenters. The third-order valence-electron chi connectivity index (χ3n) is 4.90. The molecule has 0 spiro atoms. The monoisotopic (exact) mass is 302 g/mol. The van der Waals surface area contributed by atoms with Crippen molar-refractivity contribution in [3.8, 4) is 0 Å². The summed E-state index contributed by atoms with van der Waals surface area (Å²) in [5.74, 6) is 1.09. The first-order valence-corrected chi connectivity index (χ1v) is 8.77. The van der Waals surface area contributed by atoms with E-state index in [4.69, 9.17) is 0 Å². The molecule has 1 aromatic rings. The number of carbonyl (C=O) groups is 1. The van der Waals surface area contributed by atoms with E-state index in [0.717, 1.165) is 44.9 Å². The lowest BCUT2D eigenvalue weighted by molar-refractivity contribution is -0.133. The molecule has 1 saturated heterocycles. The molecule has 2 rings (SSSR count). The number of likely N-dealkylation sites (tertiary alicyclic amines) is 1. The van der Waals surface area contributed by atoms with E-state index in [1.54, 1.807) is 0 Å². The summed E-state index contributed by atoms with van der Waals surface area (Å²) in [4.78, 5) is 16.6. The number of piperidine rings is 1. The van der Waals surface area contributed by atoms with Gasteiger partial charge < -0.3 is 4.90 Å². The molecule has 0 aliphatic carbocycles. The summed E-state index contributed by atoms with van der Waals surface area (Å²) in [6, 6.07) is 10.7. The van der Waals surface area contributed by atoms with Gasteiger partial charge in [-0.1, -0.05) is 44.2 Å². The minimum Gasteiger partial charge on any atom is -0.342 e. The van der Waals surface area contributed by atoms with Crippen LogP contribution in [0.25, 0.3) is 0 Å². The Bertz CT molecular complexity index is 434. The normalized spacial score (nSPS) is 16.2. The lowest BCUT2D eigenvalue weighted by atomic mass is 9.90. The summed E-state index contributed by atoms with van der Waals surface area (Å²) in [5, 5.41) is 0. The third kappa shape index (κ3) is 5.13. The summed E-state index contributed by atoms with van der Waals surface area (Å²) >= 11 is 0. The van der Waals surface area contributed by atoms with E-state index >= 15 is 0 Å². The molecule has 0 saturated carbocycles. The van der Waals surface area contributed by atoms with Crippen LogP contribution in [0.3, 0.4) is 0 Å². The van der Waals surface area contributed by atoms with Gasteiger partial charge in [0, 0.05) is 13.1 Å². The fourth-order valence-corrected chi connectivity index (χ4v) is 3.23. The summed E-state index contributed by atoms with van der Waals surface area (Å²) < 4.78 is 0. The van der Waals surface area contributed by atoms with Crippen LogP contribution in [0.15, 0.2) is 30.3 Å². The van der Waals surface area contributed by atoms with Crippen molar-refractivity contribution in [2.45, 2.75) is 39.5 Å². The molecule has 0 aromatic heterocycles. The van der Waals surface area contributed by atoms with Gasteiger partial charge >= 0.3 is 0 Å². The third-order valence-corrected chi connectivity index (χ3v) is 4.90. The number of nitrogens with zero attached hydrogens (tertiary/aromatic N) is 2. The molecule has 0 unspecified atom stereocenters. The molecule has 3 heteroatoms. The van der Waals surface area contributed by atoms with Gasteiger partial charge in [-0.05, 0) is 50.3 Å². The van der Waals surface area contributed by atoms with Crippen LogP contribution in [0, 0.1) is 5.92 Å². The van der Waals surface area contributed by atoms with Crippen LogP contribution < -0.4 is 0 Å². The molecule has 22 heavy (non-hydrogen) atoms. The zero-order valence-electron chi connectivity index (χ0n) is 14.1. The molecule has 1 fully saturated rings. The Balaban J connectivity index is 1.70. The molecule has 0 bridgehead atoms. The van der Waals surface area contributed by atoms with E-state index in [2.05, 4.69) is 54.0 Å². The fourth-order valence-electron chi connectivity index (χ4n) is 3.23. The maximum Gasteiger partial charge on any atom is 0.236 e. The van der Waals surface area contributed by atoms with Crippen molar-refractivity contribution >= 4 is 5.91 Å². The quantitative estimate of drug-likeness (QED) is 0.772. The van der Waals surface area contributed by atoms with Crippen molar-refractivity contribution in [1.82, 2.24) is 9.80 Å². The number of rotatable bonds is 7. The maximum atomic E-state index is 12.3. The Labute approximate surface area is 135 Å². The zero-order chi connectivity index (χ0) is 15.8. The second-order valence-corrected chi connectivity index (χ2v) is 6.31. The van der Waals surface area contributed by atoms with E-state index < -0.39 is 0 Å². The molecule has 1 aromatic carbocycles. The molecule has 1 heterocycles. The number of likely N-dealkylation sites (N-methyl/N-ethyl adjacent to an activating group) is 1. The summed E-state index contributed by atoms with van der Waals surface area (Å²) in [6.45, 7) is 8.62. The van der Waals surface area contributed by atoms with Gasteiger partial charge in [0.15, 0.2) is 0 Å². The Hall–Kier alpha value is -1.35. The predicted molar refractivity (Wildman–Crippen MR) is 91.9 cm³/mol. The first-order valence-electron chi connectivity index (χ1n) is 8.77. The number of hydrogen-bond donors (Lipinski definition) is 0. The van der Waals surface area contributed by atoms with E-state index in [1.807, 2.05) is 0 Å². The van der Waals surface area contributed by atoms with Crippen LogP contribution in [0.1, 0.15) is 38.7 Å². The van der Waals surface area contributed by atoms with Crippen molar-refractivity contribution in [2.24, 2.45) is 5.92 Å². The van der Waals surface area contributed by atoms with Crippen molar-refractivity contribution < 1.29 is 4.79 Å². The molecular formula is C19H30N2O. The number of aryl methyl sites for hydroxylation is 1. The molecule has 1 aliphatic heterocycles. The van der Waals surface area contributed by atoms with Gasteiger partial charge in [0.1, 0.15) is 0 Å². The van der Waals surface area contributed by atoms with E-state index in [-0.39, 0.29) is 0 Å². The Morgan fingerprint density at radius 1 is 1.14 bits per heavy atom. The highest BCUT2D eigenvalue weighted by molar-refractivity contribution is 5.78. The first kappa shape index (κ1) is 17.0. The molecule has 1 amide bonds. The largest absolute Gasteiger partial charge is 0.342 e. The average molecular weight is 302 g/mol. The van der Waals surface area contributed by atoms with Gasteiger partial charge in [0.05, 0.1) is 6.54 Å². The van der Waals surface area contributed by atoms with Crippen LogP contribution in [-0.2, 0) is 11.2 Å². The Kier molecular flexibility index (Phi) is 6.91. The first-order chi connectivity index (χ1) is 10.7. The number of amides is 1. The standard InChI is InChI=1S/C19H30N2O/c1-3-20(4-2)16-19(22)21-14-12-18(13-15-21)11-10-17-8-6-5-7-9-17/h5-9,18H,3-4,10-16H2,1-2H3. The molecule has 1 aliphatic rings. The zero-order valence-corrected chi connectivity index (χ0v) is 14.1. The number of benzene rings is 1. The average Bonchev–Trinajstić information content (AvgIpc) is 2.59. The summed E-state index contributed by atoms with van der Waals surface area (Å²) in [6.07, 6.45) is 4.74. The van der Waals surface area contributed by atoms with Crippen LogP contribution in [-0.4, -0.2) is 48.4 Å². The van der Waals surface area contributed by atoms with Gasteiger partial charge in [-0.15, -0.1) is 0 Å². The predicted octanol–water partition coefficient (Wildman–Crippen LogP) is 3.20. The minimum absolute atomic E-state index is 0.310. The lowest BCUT2D eigenvalue weighted by Gasteiger charge is -2.33. The maximum absolute atomic E-state index is 12.3. The number of hydrogen-bond acceptors (Lipinski definition) is 2. The van der Waals surface area contributed by atoms with Crippen molar-refractivity contribution in [3.63, 3.8) is 0 Å². The van der Waals surface area contributed by atoms with Gasteiger partial charge in [-0.2, -0.15) is 0 Å². The summed E-state index contributed by atoms with van der Waals surface area (Å²) in [5.41, 5.74) is 1.43. The highest BCUT2D eigenvalue weighted by Crippen LogP contribution is 2.22. The second kappa shape index (κ2) is 8.94. The van der Waals surface area contributed by atoms with Crippen molar-refractivity contribution in [1.29, 1.82) is 0 Å². The second-order valence-electron chi connectivity index (χ2n) is 6.31. The molecule has 3 nitrogen and oxygen atoms in total. The van der Waals surface area contributed by atoms with Crippen LogP contribution in [0.5, 0.6) is 0 Å².